The molecule has 0 aromatic carbocycles. The summed E-state index contributed by atoms with van der Waals surface area (Å²) >= 11 is 0. The van der Waals surface area contributed by atoms with Crippen LogP contribution in [0.25, 0.3) is 0 Å². The highest BCUT2D eigenvalue weighted by atomic mass is 16.5. The predicted molar refractivity (Wildman–Crippen MR) is 198 cm³/mol. The van der Waals surface area contributed by atoms with Crippen LogP contribution in [0.3, 0.4) is 0 Å². The summed E-state index contributed by atoms with van der Waals surface area (Å²) in [6.07, 6.45) is 39.3. The van der Waals surface area contributed by atoms with Crippen molar-refractivity contribution in [3.63, 3.8) is 0 Å². The van der Waals surface area contributed by atoms with Gasteiger partial charge in [0.15, 0.2) is 0 Å². The van der Waals surface area contributed by atoms with Gasteiger partial charge in [0.1, 0.15) is 0 Å². The van der Waals surface area contributed by atoms with Crippen molar-refractivity contribution in [2.45, 2.75) is 132 Å². The van der Waals surface area contributed by atoms with Gasteiger partial charge in [-0.3, -0.25) is 0 Å². The van der Waals surface area contributed by atoms with Gasteiger partial charge >= 0.3 is 0 Å². The molecule has 0 saturated carbocycles. The zero-order valence-electron chi connectivity index (χ0n) is 30.6. The van der Waals surface area contributed by atoms with E-state index in [-0.39, 0.29) is 11.2 Å². The fourth-order valence-electron chi connectivity index (χ4n) is 4.25. The molecule has 0 unspecified atom stereocenters. The van der Waals surface area contributed by atoms with Crippen LogP contribution in [0.1, 0.15) is 121 Å². The summed E-state index contributed by atoms with van der Waals surface area (Å²) in [6, 6.07) is 0. The first-order chi connectivity index (χ1) is 20.7. The van der Waals surface area contributed by atoms with Crippen molar-refractivity contribution >= 4 is 0 Å². The summed E-state index contributed by atoms with van der Waals surface area (Å²) in [5, 5.41) is 0. The zero-order valence-corrected chi connectivity index (χ0v) is 30.6. The van der Waals surface area contributed by atoms with Gasteiger partial charge in [-0.15, -0.1) is 0 Å². The minimum atomic E-state index is -0.0324. The smallest absolute Gasteiger partial charge is 0.0622 e. The Kier molecular flexibility index (Phi) is 22.2. The fraction of sp³-hybridized carbons (Fsp3) is 0.524. The van der Waals surface area contributed by atoms with Crippen LogP contribution in [0, 0.1) is 0 Å². The van der Waals surface area contributed by atoms with Gasteiger partial charge in [-0.1, -0.05) is 119 Å². The lowest BCUT2D eigenvalue weighted by Crippen LogP contribution is -2.21. The first-order valence-corrected chi connectivity index (χ1v) is 16.5. The second kappa shape index (κ2) is 23.7. The number of hydrogen-bond acceptors (Lipinski definition) is 2. The van der Waals surface area contributed by atoms with E-state index in [0.717, 1.165) is 51.4 Å². The average Bonchev–Trinajstić information content (AvgIpc) is 2.95. The molecule has 246 valence electrons. The maximum Gasteiger partial charge on any atom is 0.0622 e. The summed E-state index contributed by atoms with van der Waals surface area (Å²) in [4.78, 5) is 0. The number of hydrogen-bond donors (Lipinski definition) is 0. The maximum absolute atomic E-state index is 5.51. The first kappa shape index (κ1) is 41.3. The molecule has 0 bridgehead atoms. The highest BCUT2D eigenvalue weighted by molar-refractivity contribution is 5.30. The molecule has 0 aromatic rings. The van der Waals surface area contributed by atoms with Crippen molar-refractivity contribution in [3.8, 4) is 0 Å². The quantitative estimate of drug-likeness (QED) is 0.122. The van der Waals surface area contributed by atoms with Crippen molar-refractivity contribution in [1.29, 1.82) is 0 Å². The Morgan fingerprint density at radius 1 is 0.477 bits per heavy atom. The van der Waals surface area contributed by atoms with Crippen LogP contribution in [0.2, 0.25) is 0 Å². The van der Waals surface area contributed by atoms with E-state index in [1.54, 1.807) is 14.2 Å². The van der Waals surface area contributed by atoms with Gasteiger partial charge in [0, 0.05) is 14.2 Å². The van der Waals surface area contributed by atoms with Gasteiger partial charge in [0.05, 0.1) is 11.2 Å². The molecule has 0 atom stereocenters. The molecule has 0 amide bonds. The molecule has 0 radical (unpaired) electrons. The summed E-state index contributed by atoms with van der Waals surface area (Å²) in [6.45, 7) is 21.7. The van der Waals surface area contributed by atoms with Crippen molar-refractivity contribution < 1.29 is 9.47 Å². The Hall–Kier alpha value is -2.68. The summed E-state index contributed by atoms with van der Waals surface area (Å²) in [5.74, 6) is 0. The molecule has 0 aliphatic heterocycles. The van der Waals surface area contributed by atoms with Crippen LogP contribution in [-0.4, -0.2) is 25.4 Å². The van der Waals surface area contributed by atoms with Crippen LogP contribution >= 0.6 is 0 Å². The SMILES string of the molecule is COC(C)(C)CCC/C(C)=C/C=C/C(C)=C/C=C/C(C)=C/C=C/C=C(\C)CC/C=C(C)/C=C/C=C(\C)CCCC(C)(C)OC. The molecule has 0 rings (SSSR count). The van der Waals surface area contributed by atoms with Crippen molar-refractivity contribution in [1.82, 2.24) is 0 Å². The number of allylic oxidation sites excluding steroid dienone is 20. The first-order valence-electron chi connectivity index (χ1n) is 16.5. The largest absolute Gasteiger partial charge is 0.379 e. The minimum absolute atomic E-state index is 0.0275. The topological polar surface area (TPSA) is 18.5 Å². The third-order valence-corrected chi connectivity index (χ3v) is 7.86. The monoisotopic (exact) mass is 603 g/mol. The van der Waals surface area contributed by atoms with E-state index in [2.05, 4.69) is 154 Å². The molecular weight excluding hydrogens is 536 g/mol. The van der Waals surface area contributed by atoms with Crippen LogP contribution in [0.15, 0.2) is 119 Å². The Labute approximate surface area is 273 Å². The van der Waals surface area contributed by atoms with E-state index in [0.29, 0.717) is 0 Å². The highest BCUT2D eigenvalue weighted by Gasteiger charge is 2.15. The molecule has 2 heteroatoms. The van der Waals surface area contributed by atoms with Crippen LogP contribution in [0.5, 0.6) is 0 Å². The van der Waals surface area contributed by atoms with Crippen molar-refractivity contribution in [3.05, 3.63) is 119 Å². The van der Waals surface area contributed by atoms with Gasteiger partial charge in [-0.05, 0) is 121 Å². The number of rotatable bonds is 21. The van der Waals surface area contributed by atoms with Gasteiger partial charge in [0.2, 0.25) is 0 Å². The maximum atomic E-state index is 5.51. The van der Waals surface area contributed by atoms with E-state index in [1.807, 2.05) is 0 Å². The second-order valence-corrected chi connectivity index (χ2v) is 13.4. The number of ether oxygens (including phenoxy) is 2. The molecule has 0 heterocycles. The molecule has 0 aliphatic rings. The van der Waals surface area contributed by atoms with Crippen LogP contribution in [0.4, 0.5) is 0 Å². The minimum Gasteiger partial charge on any atom is -0.379 e. The van der Waals surface area contributed by atoms with E-state index in [4.69, 9.17) is 9.47 Å². The normalized spacial score (nSPS) is 15.7. The van der Waals surface area contributed by atoms with Crippen LogP contribution < -0.4 is 0 Å². The third kappa shape index (κ3) is 24.7. The summed E-state index contributed by atoms with van der Waals surface area (Å²) in [7, 11) is 3.58. The Bertz CT molecular complexity index is 1120. The lowest BCUT2D eigenvalue weighted by atomic mass is 9.99. The molecular formula is C42H66O2. The Morgan fingerprint density at radius 3 is 1.32 bits per heavy atom. The molecule has 0 N–H and O–H groups in total. The van der Waals surface area contributed by atoms with E-state index >= 15 is 0 Å². The molecule has 0 spiro atoms. The molecule has 0 aromatic heterocycles. The molecule has 0 aliphatic carbocycles. The summed E-state index contributed by atoms with van der Waals surface area (Å²) in [5.41, 5.74) is 7.92. The van der Waals surface area contributed by atoms with E-state index < -0.39 is 0 Å². The Morgan fingerprint density at radius 2 is 0.841 bits per heavy atom. The zero-order chi connectivity index (χ0) is 33.4. The van der Waals surface area contributed by atoms with E-state index in [9.17, 15) is 0 Å². The van der Waals surface area contributed by atoms with Gasteiger partial charge in [-0.2, -0.15) is 0 Å². The van der Waals surface area contributed by atoms with Gasteiger partial charge in [-0.25, -0.2) is 0 Å². The molecule has 44 heavy (non-hydrogen) atoms. The molecule has 0 saturated heterocycles. The van der Waals surface area contributed by atoms with E-state index in [1.165, 1.54) is 33.4 Å². The van der Waals surface area contributed by atoms with Crippen LogP contribution in [-0.2, 0) is 9.47 Å². The van der Waals surface area contributed by atoms with Crippen molar-refractivity contribution in [2.24, 2.45) is 0 Å². The third-order valence-electron chi connectivity index (χ3n) is 7.86. The average molecular weight is 603 g/mol. The lowest BCUT2D eigenvalue weighted by Gasteiger charge is -2.22. The highest BCUT2D eigenvalue weighted by Crippen LogP contribution is 2.20. The predicted octanol–water partition coefficient (Wildman–Crippen LogP) is 12.9. The lowest BCUT2D eigenvalue weighted by molar-refractivity contribution is 0.0137. The number of methoxy groups -OCH3 is 2. The van der Waals surface area contributed by atoms with Crippen molar-refractivity contribution in [2.75, 3.05) is 14.2 Å². The van der Waals surface area contributed by atoms with Gasteiger partial charge in [0.25, 0.3) is 0 Å². The Balaban J connectivity index is 4.56. The fourth-order valence-corrected chi connectivity index (χ4v) is 4.25. The second-order valence-electron chi connectivity index (χ2n) is 13.4. The summed E-state index contributed by atoms with van der Waals surface area (Å²) < 4.78 is 11.0. The molecule has 2 nitrogen and oxygen atoms in total. The van der Waals surface area contributed by atoms with Gasteiger partial charge < -0.3 is 9.47 Å². The standard InChI is InChI=1S/C42H66O2/c1-35(23-15-25-37(3)27-17-29-39(5)31-19-33-41(7,8)43-11)21-13-14-22-36(2)24-16-26-38(4)28-18-30-40(6)32-20-34-42(9,10)44-12/h13-15,17-18,21-23,25-30H,16,19-20,24,31-34H2,1-12H3/b14-13+,23-15+,27-17+,28-18+,35-21+,36-22+,37-25+,38-26+,39-29+,40-30+. The molecule has 0 fully saturated rings.